The lowest BCUT2D eigenvalue weighted by Crippen LogP contribution is -2.36. The van der Waals surface area contributed by atoms with E-state index in [9.17, 15) is 14.8 Å². The number of aromatic carboxylic acids is 1. The van der Waals surface area contributed by atoms with Gasteiger partial charge in [-0.2, -0.15) is 4.73 Å². The number of halogens is 2. The third-order valence-electron chi connectivity index (χ3n) is 2.57. The van der Waals surface area contributed by atoms with Crippen LogP contribution >= 0.6 is 27.5 Å². The summed E-state index contributed by atoms with van der Waals surface area (Å²) in [5, 5.41) is 23.3. The second-order valence-corrected chi connectivity index (χ2v) is 5.36. The monoisotopic (exact) mass is 370 g/mol. The molecule has 0 aliphatic carbocycles. The number of aromatic nitrogens is 1. The number of benzene rings is 1. The number of rotatable bonds is 3. The van der Waals surface area contributed by atoms with Crippen LogP contribution < -0.4 is 10.0 Å². The molecule has 0 spiro atoms. The number of hydrogen-bond donors (Lipinski definition) is 2. The zero-order valence-electron chi connectivity index (χ0n) is 10.3. The van der Waals surface area contributed by atoms with Gasteiger partial charge in [-0.3, -0.25) is 4.79 Å². The van der Waals surface area contributed by atoms with E-state index in [0.29, 0.717) is 9.20 Å². The zero-order valence-corrected chi connectivity index (χ0v) is 12.7. The van der Waals surface area contributed by atoms with Crippen molar-refractivity contribution in [2.45, 2.75) is 0 Å². The van der Waals surface area contributed by atoms with Crippen molar-refractivity contribution < 1.29 is 19.4 Å². The second-order valence-electron chi connectivity index (χ2n) is 4.01. The highest BCUT2D eigenvalue weighted by Crippen LogP contribution is 2.21. The topological polar surface area (TPSA) is 93.3 Å². The summed E-state index contributed by atoms with van der Waals surface area (Å²) in [6, 6.07) is 6.88. The van der Waals surface area contributed by atoms with Crippen LogP contribution in [0, 0.1) is 5.21 Å². The van der Waals surface area contributed by atoms with E-state index in [1.807, 2.05) is 0 Å². The summed E-state index contributed by atoms with van der Waals surface area (Å²) in [6.07, 6.45) is 1.09. The molecule has 2 rings (SSSR count). The van der Waals surface area contributed by atoms with Crippen molar-refractivity contribution in [3.63, 3.8) is 0 Å². The van der Waals surface area contributed by atoms with E-state index in [1.165, 1.54) is 24.3 Å². The summed E-state index contributed by atoms with van der Waals surface area (Å²) in [7, 11) is 0. The maximum atomic E-state index is 12.1. The lowest BCUT2D eigenvalue weighted by atomic mass is 10.1. The molecule has 2 N–H and O–H groups in total. The van der Waals surface area contributed by atoms with Gasteiger partial charge in [-0.25, -0.2) is 4.79 Å². The van der Waals surface area contributed by atoms with Gasteiger partial charge < -0.3 is 15.6 Å². The van der Waals surface area contributed by atoms with Crippen LogP contribution in [0.4, 0.5) is 5.69 Å². The molecule has 0 aliphatic rings. The van der Waals surface area contributed by atoms with Crippen molar-refractivity contribution in [2.24, 2.45) is 0 Å². The zero-order chi connectivity index (χ0) is 15.6. The number of carboxylic acids is 1. The van der Waals surface area contributed by atoms with E-state index in [1.54, 1.807) is 6.07 Å². The Morgan fingerprint density at radius 1 is 1.29 bits per heavy atom. The SMILES string of the molecule is O=C(O)c1cc(Br)ccc1NC(=O)c1cc(Cl)cc[n+]1[O-]. The van der Waals surface area contributed by atoms with Crippen LogP contribution in [0.1, 0.15) is 20.8 Å². The minimum Gasteiger partial charge on any atom is -0.618 e. The molecule has 0 bridgehead atoms. The van der Waals surface area contributed by atoms with E-state index in [2.05, 4.69) is 21.2 Å². The highest BCUT2D eigenvalue weighted by molar-refractivity contribution is 9.10. The Kier molecular flexibility index (Phi) is 4.44. The van der Waals surface area contributed by atoms with Gasteiger partial charge in [0, 0.05) is 16.6 Å². The molecule has 0 fully saturated rings. The first-order valence-electron chi connectivity index (χ1n) is 5.61. The summed E-state index contributed by atoms with van der Waals surface area (Å²) in [5.74, 6) is -1.95. The van der Waals surface area contributed by atoms with Crippen LogP contribution in [0.15, 0.2) is 41.0 Å². The van der Waals surface area contributed by atoms with Crippen molar-refractivity contribution >= 4 is 45.1 Å². The summed E-state index contributed by atoms with van der Waals surface area (Å²) < 4.78 is 0.903. The predicted octanol–water partition coefficient (Wildman–Crippen LogP) is 2.69. The summed E-state index contributed by atoms with van der Waals surface area (Å²) in [4.78, 5) is 23.2. The van der Waals surface area contributed by atoms with Crippen LogP contribution in [0.25, 0.3) is 0 Å². The first-order valence-corrected chi connectivity index (χ1v) is 6.78. The molecular weight excluding hydrogens is 364 g/mol. The van der Waals surface area contributed by atoms with E-state index < -0.39 is 11.9 Å². The van der Waals surface area contributed by atoms with Crippen molar-refractivity contribution in [1.29, 1.82) is 0 Å². The molecule has 2 aromatic rings. The van der Waals surface area contributed by atoms with Crippen molar-refractivity contribution in [2.75, 3.05) is 5.32 Å². The van der Waals surface area contributed by atoms with E-state index in [4.69, 9.17) is 16.7 Å². The third kappa shape index (κ3) is 3.50. The number of carbonyl (C=O) groups is 2. The van der Waals surface area contributed by atoms with Crippen molar-refractivity contribution in [3.8, 4) is 0 Å². The normalized spacial score (nSPS) is 10.2. The first-order chi connectivity index (χ1) is 9.88. The number of anilines is 1. The fourth-order valence-electron chi connectivity index (χ4n) is 1.62. The van der Waals surface area contributed by atoms with Crippen LogP contribution in [-0.4, -0.2) is 17.0 Å². The van der Waals surface area contributed by atoms with Crippen molar-refractivity contribution in [3.05, 3.63) is 62.5 Å². The molecule has 21 heavy (non-hydrogen) atoms. The number of nitrogens with zero attached hydrogens (tertiary/aromatic N) is 1. The molecule has 1 amide bonds. The van der Waals surface area contributed by atoms with Crippen LogP contribution in [0.3, 0.4) is 0 Å². The summed E-state index contributed by atoms with van der Waals surface area (Å²) in [6.45, 7) is 0. The number of hydrogen-bond acceptors (Lipinski definition) is 3. The largest absolute Gasteiger partial charge is 0.618 e. The number of carboxylic acid groups (broad SMARTS) is 1. The number of amides is 1. The highest BCUT2D eigenvalue weighted by Gasteiger charge is 2.19. The van der Waals surface area contributed by atoms with E-state index in [-0.39, 0.29) is 22.0 Å². The van der Waals surface area contributed by atoms with Gasteiger partial charge in [0.1, 0.15) is 0 Å². The number of pyridine rings is 1. The average Bonchev–Trinajstić information content (AvgIpc) is 2.43. The first kappa shape index (κ1) is 15.3. The van der Waals surface area contributed by atoms with Gasteiger partial charge >= 0.3 is 11.9 Å². The van der Waals surface area contributed by atoms with E-state index >= 15 is 0 Å². The van der Waals surface area contributed by atoms with Gasteiger partial charge in [-0.05, 0) is 18.2 Å². The molecule has 0 unspecified atom stereocenters. The molecular formula is C13H8BrClN2O4. The van der Waals surface area contributed by atoms with Crippen LogP contribution in [0.5, 0.6) is 0 Å². The lowest BCUT2D eigenvalue weighted by Gasteiger charge is -2.09. The molecule has 0 saturated carbocycles. The average molecular weight is 372 g/mol. The molecule has 1 aromatic heterocycles. The molecule has 1 heterocycles. The minimum absolute atomic E-state index is 0.0793. The van der Waals surface area contributed by atoms with Gasteiger partial charge in [-0.15, -0.1) is 0 Å². The third-order valence-corrected chi connectivity index (χ3v) is 3.30. The van der Waals surface area contributed by atoms with Gasteiger partial charge in [0.2, 0.25) is 0 Å². The second kappa shape index (κ2) is 6.11. The Morgan fingerprint density at radius 3 is 2.67 bits per heavy atom. The molecule has 6 nitrogen and oxygen atoms in total. The molecule has 0 atom stereocenters. The molecule has 8 heteroatoms. The fourth-order valence-corrected chi connectivity index (χ4v) is 2.14. The van der Waals surface area contributed by atoms with Gasteiger partial charge in [0.05, 0.1) is 16.3 Å². The smallest absolute Gasteiger partial charge is 0.337 e. The van der Waals surface area contributed by atoms with Crippen LogP contribution in [0.2, 0.25) is 5.02 Å². The molecule has 0 radical (unpaired) electrons. The predicted molar refractivity (Wildman–Crippen MR) is 79.5 cm³/mol. The van der Waals surface area contributed by atoms with Crippen LogP contribution in [-0.2, 0) is 0 Å². The van der Waals surface area contributed by atoms with Gasteiger partial charge in [0.25, 0.3) is 5.69 Å². The quantitative estimate of drug-likeness (QED) is 0.641. The fraction of sp³-hybridized carbons (Fsp3) is 0. The summed E-state index contributed by atoms with van der Waals surface area (Å²) >= 11 is 8.88. The standard InChI is InChI=1S/C13H8BrClN2O4/c14-7-1-2-10(9(5-7)13(19)20)16-12(18)11-6-8(15)3-4-17(11)21/h1-6H,(H,16,18)(H,19,20). The molecule has 1 aromatic carbocycles. The maximum Gasteiger partial charge on any atom is 0.337 e. The Balaban J connectivity index is 2.36. The Hall–Kier alpha value is -2.12. The van der Waals surface area contributed by atoms with E-state index in [0.717, 1.165) is 6.20 Å². The van der Waals surface area contributed by atoms with Gasteiger partial charge in [-0.1, -0.05) is 27.5 Å². The number of carbonyl (C=O) groups excluding carboxylic acids is 1. The molecule has 0 saturated heterocycles. The summed E-state index contributed by atoms with van der Waals surface area (Å²) in [5.41, 5.74) is -0.255. The molecule has 0 aliphatic heterocycles. The maximum absolute atomic E-state index is 12.1. The minimum atomic E-state index is -1.20. The Bertz CT molecular complexity index is 736. The lowest BCUT2D eigenvalue weighted by molar-refractivity contribution is -0.607. The Labute approximate surface area is 132 Å². The van der Waals surface area contributed by atoms with Crippen molar-refractivity contribution in [1.82, 2.24) is 0 Å². The highest BCUT2D eigenvalue weighted by atomic mass is 79.9. The van der Waals surface area contributed by atoms with Gasteiger partial charge in [0.15, 0.2) is 6.20 Å². The molecule has 108 valence electrons. The number of nitrogens with one attached hydrogen (secondary N) is 1. The Morgan fingerprint density at radius 2 is 2.00 bits per heavy atom.